The summed E-state index contributed by atoms with van der Waals surface area (Å²) in [5.41, 5.74) is 0. The molecule has 0 bridgehead atoms. The first-order valence-electron chi connectivity index (χ1n) is 13.5. The van der Waals surface area contributed by atoms with Crippen LogP contribution in [0.1, 0.15) is 117 Å². The summed E-state index contributed by atoms with van der Waals surface area (Å²) in [6.07, 6.45) is 15.4. The molecule has 0 unspecified atom stereocenters. The smallest absolute Gasteiger partial charge is 0.186 e. The normalized spacial score (nSPS) is 26.2. The van der Waals surface area contributed by atoms with Crippen molar-refractivity contribution in [3.05, 3.63) is 0 Å². The van der Waals surface area contributed by atoms with E-state index >= 15 is 0 Å². The van der Waals surface area contributed by atoms with E-state index in [1.54, 1.807) is 0 Å². The Kier molecular flexibility index (Phi) is 17.8. The SMILES string of the molecule is CCCCCCCCCC(CCCCCCCCC)NC[C@H]1O[C@H](OC)[C@@H](O)[C@@H](O)[C@@H]1O. The minimum atomic E-state index is -1.26. The van der Waals surface area contributed by atoms with Crippen LogP contribution in [0.4, 0.5) is 0 Å². The van der Waals surface area contributed by atoms with E-state index in [0.29, 0.717) is 12.6 Å². The molecule has 0 saturated carbocycles. The molecule has 6 nitrogen and oxygen atoms in total. The molecule has 192 valence electrons. The lowest BCUT2D eigenvalue weighted by Crippen LogP contribution is -2.60. The highest BCUT2D eigenvalue weighted by Gasteiger charge is 2.43. The Hall–Kier alpha value is -0.240. The minimum Gasteiger partial charge on any atom is -0.388 e. The molecule has 6 heteroatoms. The second kappa shape index (κ2) is 19.1. The molecule has 32 heavy (non-hydrogen) atoms. The highest BCUT2D eigenvalue weighted by Crippen LogP contribution is 2.22. The van der Waals surface area contributed by atoms with Crippen LogP contribution in [0.15, 0.2) is 0 Å². The second-order valence-corrected chi connectivity index (χ2v) is 9.68. The van der Waals surface area contributed by atoms with Crippen molar-refractivity contribution in [1.82, 2.24) is 5.32 Å². The average Bonchev–Trinajstić information content (AvgIpc) is 2.80. The van der Waals surface area contributed by atoms with E-state index in [4.69, 9.17) is 9.47 Å². The molecule has 0 aromatic rings. The zero-order valence-electron chi connectivity index (χ0n) is 21.1. The van der Waals surface area contributed by atoms with Crippen molar-refractivity contribution in [2.45, 2.75) is 153 Å². The zero-order chi connectivity index (χ0) is 23.6. The van der Waals surface area contributed by atoms with E-state index in [2.05, 4.69) is 19.2 Å². The number of aliphatic hydroxyl groups is 3. The van der Waals surface area contributed by atoms with Gasteiger partial charge in [-0.25, -0.2) is 0 Å². The molecule has 0 aromatic carbocycles. The van der Waals surface area contributed by atoms with Gasteiger partial charge in [0.2, 0.25) is 0 Å². The van der Waals surface area contributed by atoms with Crippen molar-refractivity contribution in [3.8, 4) is 0 Å². The van der Waals surface area contributed by atoms with Gasteiger partial charge < -0.3 is 30.1 Å². The Morgan fingerprint density at radius 2 is 1.16 bits per heavy atom. The summed E-state index contributed by atoms with van der Waals surface area (Å²) >= 11 is 0. The number of hydrogen-bond donors (Lipinski definition) is 4. The zero-order valence-corrected chi connectivity index (χ0v) is 21.1. The number of hydrogen-bond acceptors (Lipinski definition) is 6. The predicted molar refractivity (Wildman–Crippen MR) is 131 cm³/mol. The van der Waals surface area contributed by atoms with Crippen LogP contribution in [-0.4, -0.2) is 65.7 Å². The third kappa shape index (κ3) is 12.3. The number of methoxy groups -OCH3 is 1. The lowest BCUT2D eigenvalue weighted by atomic mass is 9.97. The van der Waals surface area contributed by atoms with Crippen molar-refractivity contribution in [2.75, 3.05) is 13.7 Å². The Morgan fingerprint density at radius 3 is 1.62 bits per heavy atom. The molecule has 1 heterocycles. The maximum atomic E-state index is 10.3. The van der Waals surface area contributed by atoms with Crippen LogP contribution < -0.4 is 5.32 Å². The van der Waals surface area contributed by atoms with Crippen molar-refractivity contribution in [1.29, 1.82) is 0 Å². The molecular formula is C26H53NO5. The van der Waals surface area contributed by atoms with Crippen LogP contribution in [0.3, 0.4) is 0 Å². The first-order chi connectivity index (χ1) is 15.5. The van der Waals surface area contributed by atoms with E-state index in [1.807, 2.05) is 0 Å². The molecule has 1 aliphatic heterocycles. The maximum Gasteiger partial charge on any atom is 0.186 e. The Balaban J connectivity index is 2.41. The van der Waals surface area contributed by atoms with E-state index in [0.717, 1.165) is 12.8 Å². The number of nitrogens with one attached hydrogen (secondary N) is 1. The van der Waals surface area contributed by atoms with Crippen LogP contribution >= 0.6 is 0 Å². The highest BCUT2D eigenvalue weighted by molar-refractivity contribution is 4.90. The van der Waals surface area contributed by atoms with Gasteiger partial charge in [-0.05, 0) is 12.8 Å². The lowest BCUT2D eigenvalue weighted by molar-refractivity contribution is -0.288. The Morgan fingerprint density at radius 1 is 0.688 bits per heavy atom. The Bertz CT molecular complexity index is 405. The largest absolute Gasteiger partial charge is 0.388 e. The average molecular weight is 460 g/mol. The van der Waals surface area contributed by atoms with Gasteiger partial charge in [-0.2, -0.15) is 0 Å². The molecule has 0 aromatic heterocycles. The molecule has 4 N–H and O–H groups in total. The van der Waals surface area contributed by atoms with Crippen LogP contribution in [0.2, 0.25) is 0 Å². The maximum absolute atomic E-state index is 10.3. The molecule has 0 aliphatic carbocycles. The van der Waals surface area contributed by atoms with Gasteiger partial charge in [0.15, 0.2) is 6.29 Å². The molecule has 0 amide bonds. The number of rotatable bonds is 20. The summed E-state index contributed by atoms with van der Waals surface area (Å²) < 4.78 is 10.8. The van der Waals surface area contributed by atoms with Crippen molar-refractivity contribution in [3.63, 3.8) is 0 Å². The minimum absolute atomic E-state index is 0.391. The number of ether oxygens (including phenoxy) is 2. The van der Waals surface area contributed by atoms with Crippen LogP contribution in [0.5, 0.6) is 0 Å². The van der Waals surface area contributed by atoms with Crippen LogP contribution in [0, 0.1) is 0 Å². The molecule has 1 saturated heterocycles. The first-order valence-corrected chi connectivity index (χ1v) is 13.5. The van der Waals surface area contributed by atoms with Gasteiger partial charge in [0.05, 0.1) is 0 Å². The van der Waals surface area contributed by atoms with Gasteiger partial charge in [0.25, 0.3) is 0 Å². The van der Waals surface area contributed by atoms with Gasteiger partial charge in [-0.3, -0.25) is 0 Å². The Labute approximate surface area is 197 Å². The fourth-order valence-corrected chi connectivity index (χ4v) is 4.61. The molecule has 5 atom stereocenters. The molecule has 1 rings (SSSR count). The standard InChI is InChI=1S/C26H53NO5/c1-4-6-8-10-12-14-16-18-21(19-17-15-13-11-9-7-5-2)27-20-22-23(28)24(29)25(30)26(31-3)32-22/h21-30H,4-20H2,1-3H3/t22-,23-,24+,25+,26+/m1/s1. The fraction of sp³-hybridized carbons (Fsp3) is 1.00. The van der Waals surface area contributed by atoms with Crippen molar-refractivity contribution >= 4 is 0 Å². The van der Waals surface area contributed by atoms with E-state index in [1.165, 1.54) is 97.0 Å². The number of unbranched alkanes of at least 4 members (excludes halogenated alkanes) is 12. The van der Waals surface area contributed by atoms with Crippen LogP contribution in [0.25, 0.3) is 0 Å². The first kappa shape index (κ1) is 29.8. The molecule has 1 aliphatic rings. The lowest BCUT2D eigenvalue weighted by Gasteiger charge is -2.40. The van der Waals surface area contributed by atoms with Crippen LogP contribution in [-0.2, 0) is 9.47 Å². The highest BCUT2D eigenvalue weighted by atomic mass is 16.7. The fourth-order valence-electron chi connectivity index (χ4n) is 4.61. The summed E-state index contributed by atoms with van der Waals surface area (Å²) in [7, 11) is 1.44. The summed E-state index contributed by atoms with van der Waals surface area (Å²) in [4.78, 5) is 0. The summed E-state index contributed by atoms with van der Waals surface area (Å²) in [5.74, 6) is 0. The third-order valence-corrected chi connectivity index (χ3v) is 6.82. The van der Waals surface area contributed by atoms with Gasteiger partial charge in [-0.15, -0.1) is 0 Å². The topological polar surface area (TPSA) is 91.2 Å². The van der Waals surface area contributed by atoms with E-state index in [-0.39, 0.29) is 0 Å². The van der Waals surface area contributed by atoms with Gasteiger partial charge in [0.1, 0.15) is 24.4 Å². The summed E-state index contributed by atoms with van der Waals surface area (Å²) in [6, 6.07) is 0.391. The molecule has 0 radical (unpaired) electrons. The van der Waals surface area contributed by atoms with Gasteiger partial charge >= 0.3 is 0 Å². The summed E-state index contributed by atoms with van der Waals surface area (Å²) in [5, 5.41) is 34.0. The predicted octanol–water partition coefficient (Wildman–Crippen LogP) is 4.68. The molecule has 0 spiro atoms. The third-order valence-electron chi connectivity index (χ3n) is 6.82. The van der Waals surface area contributed by atoms with Crippen molar-refractivity contribution < 1.29 is 24.8 Å². The summed E-state index contributed by atoms with van der Waals surface area (Å²) in [6.45, 7) is 4.95. The number of aliphatic hydroxyl groups excluding tert-OH is 3. The van der Waals surface area contributed by atoms with Gasteiger partial charge in [-0.1, -0.05) is 104 Å². The second-order valence-electron chi connectivity index (χ2n) is 9.68. The van der Waals surface area contributed by atoms with Gasteiger partial charge in [0, 0.05) is 19.7 Å². The van der Waals surface area contributed by atoms with E-state index in [9.17, 15) is 15.3 Å². The quantitative estimate of drug-likeness (QED) is 0.198. The van der Waals surface area contributed by atoms with Crippen molar-refractivity contribution in [2.24, 2.45) is 0 Å². The molecular weight excluding hydrogens is 406 g/mol. The van der Waals surface area contributed by atoms with E-state index < -0.39 is 30.7 Å². The molecule has 1 fully saturated rings. The monoisotopic (exact) mass is 459 g/mol.